The highest BCUT2D eigenvalue weighted by Crippen LogP contribution is 2.15. The molecule has 1 aliphatic heterocycles. The Morgan fingerprint density at radius 3 is 2.23 bits per heavy atom. The number of ketones is 1. The van der Waals surface area contributed by atoms with Crippen LogP contribution < -0.4 is 5.32 Å². The third-order valence-corrected chi connectivity index (χ3v) is 4.96. The van der Waals surface area contributed by atoms with E-state index in [0.29, 0.717) is 22.7 Å². The molecular formula is C22H26N2O2. The number of hydrogen-bond acceptors (Lipinski definition) is 3. The number of benzene rings is 2. The van der Waals surface area contributed by atoms with Gasteiger partial charge in [-0.05, 0) is 45.4 Å². The second-order valence-corrected chi connectivity index (χ2v) is 7.17. The van der Waals surface area contributed by atoms with Gasteiger partial charge in [-0.15, -0.1) is 0 Å². The Hall–Kier alpha value is -2.46. The van der Waals surface area contributed by atoms with Gasteiger partial charge in [0.15, 0.2) is 5.78 Å². The molecule has 1 N–H and O–H groups in total. The van der Waals surface area contributed by atoms with Crippen LogP contribution in [0.1, 0.15) is 53.0 Å². The van der Waals surface area contributed by atoms with Crippen LogP contribution in [0.4, 0.5) is 0 Å². The van der Waals surface area contributed by atoms with Crippen LogP contribution >= 0.6 is 0 Å². The molecule has 4 heteroatoms. The molecule has 2 aromatic carbocycles. The number of amides is 1. The van der Waals surface area contributed by atoms with Gasteiger partial charge in [0, 0.05) is 35.3 Å². The van der Waals surface area contributed by atoms with E-state index in [2.05, 4.69) is 24.1 Å². The van der Waals surface area contributed by atoms with Crippen LogP contribution in [0.3, 0.4) is 0 Å². The van der Waals surface area contributed by atoms with Gasteiger partial charge < -0.3 is 5.32 Å². The molecule has 0 saturated carbocycles. The minimum atomic E-state index is -0.0701. The summed E-state index contributed by atoms with van der Waals surface area (Å²) in [6, 6.07) is 16.8. The van der Waals surface area contributed by atoms with Gasteiger partial charge in [0.2, 0.25) is 0 Å². The minimum Gasteiger partial charge on any atom is -0.348 e. The molecule has 1 heterocycles. The molecular weight excluding hydrogens is 324 g/mol. The lowest BCUT2D eigenvalue weighted by atomic mass is 10.0. The van der Waals surface area contributed by atoms with Gasteiger partial charge in [-0.2, -0.15) is 0 Å². The number of rotatable bonds is 5. The van der Waals surface area contributed by atoms with E-state index in [9.17, 15) is 9.59 Å². The predicted octanol–water partition coefficient (Wildman–Crippen LogP) is 3.52. The maximum atomic E-state index is 12.5. The number of carbonyl (C=O) groups is 2. The van der Waals surface area contributed by atoms with E-state index in [1.54, 1.807) is 36.4 Å². The first-order valence-electron chi connectivity index (χ1n) is 9.29. The first-order chi connectivity index (χ1) is 12.5. The first-order valence-corrected chi connectivity index (χ1v) is 9.29. The molecule has 2 aromatic rings. The second-order valence-electron chi connectivity index (χ2n) is 7.17. The fourth-order valence-electron chi connectivity index (χ4n) is 3.39. The summed E-state index contributed by atoms with van der Waals surface area (Å²) in [6.45, 7) is 6.37. The van der Waals surface area contributed by atoms with Crippen LogP contribution in [-0.4, -0.2) is 41.8 Å². The molecule has 26 heavy (non-hydrogen) atoms. The van der Waals surface area contributed by atoms with Gasteiger partial charge in [-0.25, -0.2) is 0 Å². The Bertz CT molecular complexity index is 753. The Morgan fingerprint density at radius 1 is 0.962 bits per heavy atom. The zero-order valence-corrected chi connectivity index (χ0v) is 15.4. The molecule has 136 valence electrons. The van der Waals surface area contributed by atoms with Crippen molar-refractivity contribution in [3.05, 3.63) is 71.3 Å². The zero-order valence-electron chi connectivity index (χ0n) is 15.4. The Labute approximate surface area is 155 Å². The number of nitrogens with zero attached hydrogens (tertiary/aromatic N) is 1. The molecule has 0 bridgehead atoms. The molecule has 0 unspecified atom stereocenters. The van der Waals surface area contributed by atoms with Crippen molar-refractivity contribution < 1.29 is 9.59 Å². The van der Waals surface area contributed by atoms with E-state index < -0.39 is 0 Å². The molecule has 3 rings (SSSR count). The monoisotopic (exact) mass is 350 g/mol. The molecule has 0 aromatic heterocycles. The lowest BCUT2D eigenvalue weighted by Crippen LogP contribution is -2.49. The van der Waals surface area contributed by atoms with E-state index in [1.807, 2.05) is 18.2 Å². The third-order valence-electron chi connectivity index (χ3n) is 4.96. The quantitative estimate of drug-likeness (QED) is 0.840. The molecule has 1 aliphatic rings. The minimum absolute atomic E-state index is 0.0302. The number of carbonyl (C=O) groups excluding carboxylic acids is 2. The van der Waals surface area contributed by atoms with Gasteiger partial charge in [0.25, 0.3) is 5.91 Å². The van der Waals surface area contributed by atoms with Crippen molar-refractivity contribution in [2.24, 2.45) is 0 Å². The van der Waals surface area contributed by atoms with Crippen LogP contribution in [0.15, 0.2) is 54.6 Å². The molecule has 1 atom stereocenters. The summed E-state index contributed by atoms with van der Waals surface area (Å²) in [6.07, 6.45) is 2.12. The van der Waals surface area contributed by atoms with Crippen molar-refractivity contribution in [1.82, 2.24) is 10.2 Å². The fourth-order valence-corrected chi connectivity index (χ4v) is 3.39. The number of piperidine rings is 1. The lowest BCUT2D eigenvalue weighted by molar-refractivity contribution is 0.0885. The van der Waals surface area contributed by atoms with E-state index in [1.165, 1.54) is 0 Å². The van der Waals surface area contributed by atoms with Crippen LogP contribution in [0.2, 0.25) is 0 Å². The third kappa shape index (κ3) is 4.38. The topological polar surface area (TPSA) is 49.4 Å². The molecule has 0 radical (unpaired) electrons. The van der Waals surface area contributed by atoms with Gasteiger partial charge in [-0.1, -0.05) is 42.5 Å². The van der Waals surface area contributed by atoms with Crippen molar-refractivity contribution in [2.75, 3.05) is 13.1 Å². The molecule has 1 saturated heterocycles. The Morgan fingerprint density at radius 2 is 1.58 bits per heavy atom. The molecule has 0 spiro atoms. The van der Waals surface area contributed by atoms with Crippen molar-refractivity contribution in [2.45, 2.75) is 38.8 Å². The predicted molar refractivity (Wildman–Crippen MR) is 104 cm³/mol. The molecule has 4 nitrogen and oxygen atoms in total. The van der Waals surface area contributed by atoms with E-state index in [4.69, 9.17) is 0 Å². The highest BCUT2D eigenvalue weighted by molar-refractivity contribution is 6.09. The first kappa shape index (κ1) is 18.3. The summed E-state index contributed by atoms with van der Waals surface area (Å²) < 4.78 is 0. The standard InChI is InChI=1S/C22H26N2O2/c1-16(2)24-14-6-9-20(15-24)23-22(26)19-12-10-18(11-13-19)21(25)17-7-4-3-5-8-17/h3-5,7-8,10-13,16,20H,6,9,14-15H2,1-2H3,(H,23,26)/t20-/m1/s1. The van der Waals surface area contributed by atoms with E-state index in [-0.39, 0.29) is 17.7 Å². The van der Waals surface area contributed by atoms with Crippen LogP contribution in [0, 0.1) is 0 Å². The zero-order chi connectivity index (χ0) is 18.5. The number of likely N-dealkylation sites (tertiary alicyclic amines) is 1. The second kappa shape index (κ2) is 8.28. The fraction of sp³-hybridized carbons (Fsp3) is 0.364. The van der Waals surface area contributed by atoms with Gasteiger partial charge in [0.1, 0.15) is 0 Å². The summed E-state index contributed by atoms with van der Waals surface area (Å²) in [5.41, 5.74) is 1.84. The van der Waals surface area contributed by atoms with Crippen LogP contribution in [0.5, 0.6) is 0 Å². The van der Waals surface area contributed by atoms with Gasteiger partial charge >= 0.3 is 0 Å². The average molecular weight is 350 g/mol. The largest absolute Gasteiger partial charge is 0.348 e. The highest BCUT2D eigenvalue weighted by Gasteiger charge is 2.23. The summed E-state index contributed by atoms with van der Waals surface area (Å²) in [5, 5.41) is 3.13. The normalized spacial score (nSPS) is 17.9. The smallest absolute Gasteiger partial charge is 0.251 e. The Balaban J connectivity index is 1.63. The van der Waals surface area contributed by atoms with Crippen molar-refractivity contribution in [1.29, 1.82) is 0 Å². The van der Waals surface area contributed by atoms with E-state index in [0.717, 1.165) is 25.9 Å². The van der Waals surface area contributed by atoms with Crippen molar-refractivity contribution in [3.63, 3.8) is 0 Å². The lowest BCUT2D eigenvalue weighted by Gasteiger charge is -2.35. The summed E-state index contributed by atoms with van der Waals surface area (Å²) in [5.74, 6) is -0.100. The molecule has 0 aliphatic carbocycles. The summed E-state index contributed by atoms with van der Waals surface area (Å²) >= 11 is 0. The van der Waals surface area contributed by atoms with Gasteiger partial charge in [0.05, 0.1) is 0 Å². The average Bonchev–Trinajstić information content (AvgIpc) is 2.68. The maximum absolute atomic E-state index is 12.5. The molecule has 1 amide bonds. The highest BCUT2D eigenvalue weighted by atomic mass is 16.1. The Kier molecular flexibility index (Phi) is 5.84. The number of nitrogens with one attached hydrogen (secondary N) is 1. The van der Waals surface area contributed by atoms with Gasteiger partial charge in [-0.3, -0.25) is 14.5 Å². The summed E-state index contributed by atoms with van der Waals surface area (Å²) in [4.78, 5) is 27.4. The van der Waals surface area contributed by atoms with Crippen molar-refractivity contribution >= 4 is 11.7 Å². The van der Waals surface area contributed by atoms with Crippen LogP contribution in [0.25, 0.3) is 0 Å². The molecule has 1 fully saturated rings. The number of hydrogen-bond donors (Lipinski definition) is 1. The summed E-state index contributed by atoms with van der Waals surface area (Å²) in [7, 11) is 0. The van der Waals surface area contributed by atoms with E-state index >= 15 is 0 Å². The van der Waals surface area contributed by atoms with Crippen LogP contribution in [-0.2, 0) is 0 Å². The maximum Gasteiger partial charge on any atom is 0.251 e. The SMILES string of the molecule is CC(C)N1CCC[C@@H](NC(=O)c2ccc(C(=O)c3ccccc3)cc2)C1. The van der Waals surface area contributed by atoms with Crippen molar-refractivity contribution in [3.8, 4) is 0 Å².